The average Bonchev–Trinajstić information content (AvgIpc) is 2.45. The average molecular weight is 355 g/mol. The summed E-state index contributed by atoms with van der Waals surface area (Å²) in [6.07, 6.45) is 4.18. The number of hydrogen-bond donors (Lipinski definition) is 0. The van der Waals surface area contributed by atoms with Gasteiger partial charge >= 0.3 is 0 Å². The van der Waals surface area contributed by atoms with Crippen molar-refractivity contribution in [1.82, 2.24) is 0 Å². The summed E-state index contributed by atoms with van der Waals surface area (Å²) in [7, 11) is 0. The van der Waals surface area contributed by atoms with Crippen LogP contribution >= 0.6 is 0 Å². The zero-order valence-corrected chi connectivity index (χ0v) is 21.0. The molecule has 0 heterocycles. The SMILES string of the molecule is CC[CH](C)[Al]([CH](C)CC)[CH](C)CC.C[CH](C)[Al]([CH](C)C)[CH](C)C. The summed E-state index contributed by atoms with van der Waals surface area (Å²) in [4.78, 5) is 0. The van der Waals surface area contributed by atoms with E-state index < -0.39 is 28.3 Å². The highest BCUT2D eigenvalue weighted by molar-refractivity contribution is 6.63. The second-order valence-corrected chi connectivity index (χ2v) is 18.8. The summed E-state index contributed by atoms with van der Waals surface area (Å²) in [5, 5.41) is 0. The highest BCUT2D eigenvalue weighted by Crippen LogP contribution is 2.35. The van der Waals surface area contributed by atoms with Crippen LogP contribution in [0.4, 0.5) is 0 Å². The Kier molecular flexibility index (Phi) is 16.3. The van der Waals surface area contributed by atoms with E-state index in [2.05, 4.69) is 83.1 Å². The molecule has 138 valence electrons. The van der Waals surface area contributed by atoms with Crippen LogP contribution in [-0.4, -0.2) is 28.3 Å². The minimum absolute atomic E-state index is 0.454. The van der Waals surface area contributed by atoms with Gasteiger partial charge in [-0.15, -0.1) is 0 Å². The number of rotatable bonds is 9. The maximum atomic E-state index is 2.48. The van der Waals surface area contributed by atoms with Crippen LogP contribution in [0.15, 0.2) is 0 Å². The maximum Gasteiger partial charge on any atom is 0.271 e. The molecule has 0 aliphatic carbocycles. The normalized spacial score (nSPS) is 15.3. The molecule has 0 saturated carbocycles. The minimum atomic E-state index is -0.516. The molecule has 0 nitrogen and oxygen atoms in total. The molecule has 0 aromatic heterocycles. The first-order chi connectivity index (χ1) is 10.5. The van der Waals surface area contributed by atoms with Gasteiger partial charge in [0.1, 0.15) is 0 Å². The molecule has 0 aromatic rings. The van der Waals surface area contributed by atoms with Crippen molar-refractivity contribution in [2.75, 3.05) is 0 Å². The lowest BCUT2D eigenvalue weighted by molar-refractivity contribution is 0.720. The molecule has 0 fully saturated rings. The van der Waals surface area contributed by atoms with Crippen LogP contribution in [0.1, 0.15) is 102 Å². The van der Waals surface area contributed by atoms with Crippen molar-refractivity contribution >= 4 is 28.3 Å². The Morgan fingerprint density at radius 2 is 0.652 bits per heavy atom. The zero-order valence-electron chi connectivity index (χ0n) is 18.7. The van der Waals surface area contributed by atoms with E-state index in [9.17, 15) is 0 Å². The second-order valence-electron chi connectivity index (χ2n) is 9.04. The monoisotopic (exact) mass is 354 g/mol. The van der Waals surface area contributed by atoms with E-state index in [0.717, 1.165) is 28.7 Å². The van der Waals surface area contributed by atoms with Crippen LogP contribution in [0.2, 0.25) is 28.7 Å². The van der Waals surface area contributed by atoms with Gasteiger partial charge in [0.05, 0.1) is 0 Å². The van der Waals surface area contributed by atoms with E-state index in [1.54, 1.807) is 0 Å². The van der Waals surface area contributed by atoms with Crippen molar-refractivity contribution in [2.24, 2.45) is 0 Å². The highest BCUT2D eigenvalue weighted by atomic mass is 27.2. The van der Waals surface area contributed by atoms with Crippen LogP contribution in [0.5, 0.6) is 0 Å². The topological polar surface area (TPSA) is 0 Å². The molecule has 3 unspecified atom stereocenters. The van der Waals surface area contributed by atoms with Gasteiger partial charge in [0.25, 0.3) is 28.3 Å². The molecule has 0 aliphatic heterocycles. The van der Waals surface area contributed by atoms with Crippen LogP contribution in [0.25, 0.3) is 0 Å². The molecule has 23 heavy (non-hydrogen) atoms. The lowest BCUT2D eigenvalue weighted by atomic mass is 10.3. The summed E-state index contributed by atoms with van der Waals surface area (Å²) in [5.74, 6) is 0. The van der Waals surface area contributed by atoms with E-state index in [1.807, 2.05) is 0 Å². The fraction of sp³-hybridized carbons (Fsp3) is 1.00. The van der Waals surface area contributed by atoms with Gasteiger partial charge < -0.3 is 0 Å². The third-order valence-corrected chi connectivity index (χ3v) is 16.2. The van der Waals surface area contributed by atoms with E-state index in [4.69, 9.17) is 0 Å². The Hall–Kier alpha value is 1.06. The van der Waals surface area contributed by atoms with Crippen molar-refractivity contribution < 1.29 is 0 Å². The van der Waals surface area contributed by atoms with Gasteiger partial charge in [-0.2, -0.15) is 0 Å². The smallest absolute Gasteiger partial charge is 0.0873 e. The Morgan fingerprint density at radius 1 is 0.435 bits per heavy atom. The first-order valence-electron chi connectivity index (χ1n) is 10.5. The van der Waals surface area contributed by atoms with E-state index in [0.29, 0.717) is 0 Å². The van der Waals surface area contributed by atoms with Gasteiger partial charge in [-0.1, -0.05) is 131 Å². The van der Waals surface area contributed by atoms with Gasteiger partial charge in [0.2, 0.25) is 0 Å². The van der Waals surface area contributed by atoms with Gasteiger partial charge in [-0.3, -0.25) is 0 Å². The molecule has 2 heteroatoms. The fourth-order valence-corrected chi connectivity index (χ4v) is 14.4. The number of hydrogen-bond acceptors (Lipinski definition) is 0. The Labute approximate surface area is 159 Å². The molecule has 0 bridgehead atoms. The molecule has 0 N–H and O–H groups in total. The third-order valence-electron chi connectivity index (χ3n) is 6.21. The van der Waals surface area contributed by atoms with Crippen molar-refractivity contribution in [2.45, 2.75) is 131 Å². The van der Waals surface area contributed by atoms with Crippen LogP contribution in [-0.2, 0) is 0 Å². The third kappa shape index (κ3) is 10.6. The molecule has 0 spiro atoms. The Balaban J connectivity index is 0. The summed E-state index contributed by atoms with van der Waals surface area (Å²) >= 11 is -0.970. The molecule has 0 saturated heterocycles. The second kappa shape index (κ2) is 14.3. The lowest BCUT2D eigenvalue weighted by Crippen LogP contribution is -2.28. The predicted molar refractivity (Wildman–Crippen MR) is 116 cm³/mol. The molecule has 0 aliphatic rings. The molecule has 0 radical (unpaired) electrons. The molecule has 3 atom stereocenters. The van der Waals surface area contributed by atoms with E-state index in [-0.39, 0.29) is 0 Å². The zero-order chi connectivity index (χ0) is 18.7. The van der Waals surface area contributed by atoms with Gasteiger partial charge in [-0.25, -0.2) is 0 Å². The Bertz CT molecular complexity index is 218. The van der Waals surface area contributed by atoms with E-state index >= 15 is 0 Å². The molecule has 0 rings (SSSR count). The molecular weight excluding hydrogens is 306 g/mol. The minimum Gasteiger partial charge on any atom is -0.0873 e. The van der Waals surface area contributed by atoms with Crippen molar-refractivity contribution in [3.8, 4) is 0 Å². The van der Waals surface area contributed by atoms with Crippen LogP contribution in [0, 0.1) is 0 Å². The molecule has 0 amide bonds. The van der Waals surface area contributed by atoms with Crippen LogP contribution < -0.4 is 0 Å². The first kappa shape index (κ1) is 26.3. The van der Waals surface area contributed by atoms with Gasteiger partial charge in [-0.05, 0) is 0 Å². The van der Waals surface area contributed by atoms with Crippen molar-refractivity contribution in [3.63, 3.8) is 0 Å². The largest absolute Gasteiger partial charge is 0.271 e. The standard InChI is InChI=1S/3C4H9.3C3H7.2Al/c3*1-3-4-2;3*1-3-2;;/h3*3H,4H2,1-2H3;3*3H,1-2H3;;. The van der Waals surface area contributed by atoms with E-state index in [1.165, 1.54) is 19.3 Å². The van der Waals surface area contributed by atoms with Crippen molar-refractivity contribution in [3.05, 3.63) is 0 Å². The molecule has 0 aromatic carbocycles. The lowest BCUT2D eigenvalue weighted by Gasteiger charge is -2.28. The molecular formula is C21H48Al2. The first-order valence-corrected chi connectivity index (χ1v) is 14.5. The van der Waals surface area contributed by atoms with Gasteiger partial charge in [0, 0.05) is 0 Å². The summed E-state index contributed by atoms with van der Waals surface area (Å²) in [6, 6.07) is 0. The summed E-state index contributed by atoms with van der Waals surface area (Å²) in [6.45, 7) is 28.8. The maximum absolute atomic E-state index is 2.48. The Morgan fingerprint density at radius 3 is 0.739 bits per heavy atom. The summed E-state index contributed by atoms with van der Waals surface area (Å²) in [5.41, 5.74) is 0. The quantitative estimate of drug-likeness (QED) is 0.364. The summed E-state index contributed by atoms with van der Waals surface area (Å²) < 4.78 is 6.01. The van der Waals surface area contributed by atoms with Gasteiger partial charge in [0.15, 0.2) is 0 Å². The van der Waals surface area contributed by atoms with Crippen molar-refractivity contribution in [1.29, 1.82) is 0 Å². The highest BCUT2D eigenvalue weighted by Gasteiger charge is 2.32. The predicted octanol–water partition coefficient (Wildman–Crippen LogP) is 8.59. The fourth-order valence-electron chi connectivity index (χ4n) is 4.81. The van der Waals surface area contributed by atoms with Crippen LogP contribution in [0.3, 0.4) is 0 Å².